The third kappa shape index (κ3) is 5.37. The Morgan fingerprint density at radius 1 is 1.24 bits per heavy atom. The van der Waals surface area contributed by atoms with E-state index in [1.807, 2.05) is 0 Å². The summed E-state index contributed by atoms with van der Waals surface area (Å²) in [4.78, 5) is 0. The van der Waals surface area contributed by atoms with Crippen molar-refractivity contribution in [2.45, 2.75) is 18.7 Å². The van der Waals surface area contributed by atoms with Crippen LogP contribution in [0, 0.1) is 0 Å². The molecule has 0 amide bonds. The van der Waals surface area contributed by atoms with Crippen molar-refractivity contribution in [3.63, 3.8) is 0 Å². The Balaban J connectivity index is 2.70. The minimum Gasteiger partial charge on any atom is -0.495 e. The van der Waals surface area contributed by atoms with Gasteiger partial charge < -0.3 is 19.3 Å². The molecule has 4 nitrogen and oxygen atoms in total. The molecule has 21 heavy (non-hydrogen) atoms. The van der Waals surface area contributed by atoms with Crippen molar-refractivity contribution in [2.24, 2.45) is 0 Å². The number of ether oxygens (including phenoxy) is 3. The molecule has 1 aromatic carbocycles. The van der Waals surface area contributed by atoms with Gasteiger partial charge in [-0.2, -0.15) is 13.2 Å². The van der Waals surface area contributed by atoms with Crippen LogP contribution in [0.5, 0.6) is 11.5 Å². The predicted octanol–water partition coefficient (Wildman–Crippen LogP) is 3.47. The number of hydrogen-bond donors (Lipinski definition) is 1. The van der Waals surface area contributed by atoms with Crippen molar-refractivity contribution in [1.82, 2.24) is 0 Å². The van der Waals surface area contributed by atoms with E-state index in [1.54, 1.807) is 12.1 Å². The SMILES string of the molecule is COc1ccc(C(O)CCOCC(F)(F)F)c(OC)c1Br. The highest BCUT2D eigenvalue weighted by Gasteiger charge is 2.27. The molecule has 0 bridgehead atoms. The molecule has 0 fully saturated rings. The summed E-state index contributed by atoms with van der Waals surface area (Å²) in [5.41, 5.74) is 0.445. The van der Waals surface area contributed by atoms with Gasteiger partial charge in [0.2, 0.25) is 0 Å². The Kier molecular flexibility index (Phi) is 6.76. The number of aliphatic hydroxyl groups excluding tert-OH is 1. The molecule has 0 aliphatic rings. The molecular formula is C13H16BrF3O4. The van der Waals surface area contributed by atoms with E-state index in [4.69, 9.17) is 9.47 Å². The molecule has 1 rings (SSSR count). The Labute approximate surface area is 128 Å². The number of alkyl halides is 3. The summed E-state index contributed by atoms with van der Waals surface area (Å²) in [6, 6.07) is 3.22. The van der Waals surface area contributed by atoms with Crippen LogP contribution in [0.4, 0.5) is 13.2 Å². The number of aliphatic hydroxyl groups is 1. The van der Waals surface area contributed by atoms with Crippen LogP contribution in [-0.4, -0.2) is 38.7 Å². The minimum atomic E-state index is -4.37. The molecule has 8 heteroatoms. The van der Waals surface area contributed by atoms with Crippen molar-refractivity contribution in [2.75, 3.05) is 27.4 Å². The fourth-order valence-electron chi connectivity index (χ4n) is 1.72. The van der Waals surface area contributed by atoms with E-state index in [0.717, 1.165) is 0 Å². The first-order valence-electron chi connectivity index (χ1n) is 6.03. The fraction of sp³-hybridized carbons (Fsp3) is 0.538. The molecule has 0 saturated carbocycles. The topological polar surface area (TPSA) is 47.9 Å². The van der Waals surface area contributed by atoms with Gasteiger partial charge >= 0.3 is 6.18 Å². The predicted molar refractivity (Wildman–Crippen MR) is 73.7 cm³/mol. The van der Waals surface area contributed by atoms with Gasteiger partial charge in [-0.3, -0.25) is 0 Å². The monoisotopic (exact) mass is 372 g/mol. The van der Waals surface area contributed by atoms with Crippen LogP contribution in [-0.2, 0) is 4.74 Å². The highest BCUT2D eigenvalue weighted by atomic mass is 79.9. The largest absolute Gasteiger partial charge is 0.495 e. The first kappa shape index (κ1) is 18.1. The number of methoxy groups -OCH3 is 2. The lowest BCUT2D eigenvalue weighted by atomic mass is 10.1. The average molecular weight is 373 g/mol. The molecule has 1 atom stereocenters. The number of benzene rings is 1. The Bertz CT molecular complexity index is 465. The lowest BCUT2D eigenvalue weighted by Gasteiger charge is -2.18. The maximum Gasteiger partial charge on any atom is 0.411 e. The molecule has 0 aliphatic heterocycles. The summed E-state index contributed by atoms with van der Waals surface area (Å²) in [5.74, 6) is 0.897. The van der Waals surface area contributed by atoms with Crippen LogP contribution < -0.4 is 9.47 Å². The van der Waals surface area contributed by atoms with E-state index in [0.29, 0.717) is 21.5 Å². The maximum absolute atomic E-state index is 11.9. The van der Waals surface area contributed by atoms with Gasteiger partial charge in [0.1, 0.15) is 22.6 Å². The molecule has 0 saturated heterocycles. The maximum atomic E-state index is 11.9. The van der Waals surface area contributed by atoms with Gasteiger partial charge in [0.25, 0.3) is 0 Å². The second-order valence-electron chi connectivity index (χ2n) is 4.18. The van der Waals surface area contributed by atoms with E-state index >= 15 is 0 Å². The first-order valence-corrected chi connectivity index (χ1v) is 6.82. The summed E-state index contributed by atoms with van der Waals surface area (Å²) < 4.78 is 51.1. The van der Waals surface area contributed by atoms with Crippen LogP contribution in [0.2, 0.25) is 0 Å². The summed E-state index contributed by atoms with van der Waals surface area (Å²) >= 11 is 3.29. The lowest BCUT2D eigenvalue weighted by Crippen LogP contribution is -2.18. The van der Waals surface area contributed by atoms with Crippen LogP contribution in [0.25, 0.3) is 0 Å². The molecule has 0 radical (unpaired) electrons. The molecule has 120 valence electrons. The molecule has 1 aromatic rings. The Morgan fingerprint density at radius 2 is 1.90 bits per heavy atom. The van der Waals surface area contributed by atoms with Crippen molar-refractivity contribution < 1.29 is 32.5 Å². The fourth-order valence-corrected chi connectivity index (χ4v) is 2.40. The molecule has 0 aliphatic carbocycles. The molecule has 0 aromatic heterocycles. The molecule has 0 spiro atoms. The molecule has 0 heterocycles. The number of halogens is 4. The van der Waals surface area contributed by atoms with Gasteiger partial charge in [-0.25, -0.2) is 0 Å². The molecule has 1 unspecified atom stereocenters. The van der Waals surface area contributed by atoms with Gasteiger partial charge in [-0.1, -0.05) is 0 Å². The quantitative estimate of drug-likeness (QED) is 0.744. The standard InChI is InChI=1S/C13H16BrF3O4/c1-19-10-4-3-8(12(20-2)11(10)14)9(18)5-6-21-7-13(15,16)17/h3-4,9,18H,5-7H2,1-2H3. The summed E-state index contributed by atoms with van der Waals surface area (Å²) in [5, 5.41) is 10.0. The first-order chi connectivity index (χ1) is 9.80. The average Bonchev–Trinajstić information content (AvgIpc) is 2.41. The van der Waals surface area contributed by atoms with Crippen LogP contribution >= 0.6 is 15.9 Å². The third-order valence-electron chi connectivity index (χ3n) is 2.68. The minimum absolute atomic E-state index is 0.0191. The summed E-state index contributed by atoms with van der Waals surface area (Å²) in [6.07, 6.45) is -5.35. The zero-order valence-electron chi connectivity index (χ0n) is 11.5. The van der Waals surface area contributed by atoms with Crippen LogP contribution in [0.1, 0.15) is 18.1 Å². The zero-order valence-corrected chi connectivity index (χ0v) is 13.1. The lowest BCUT2D eigenvalue weighted by molar-refractivity contribution is -0.175. The normalized spacial score (nSPS) is 13.1. The van der Waals surface area contributed by atoms with Gasteiger partial charge in [-0.05, 0) is 28.1 Å². The third-order valence-corrected chi connectivity index (χ3v) is 3.43. The van der Waals surface area contributed by atoms with Gasteiger partial charge in [0.05, 0.1) is 20.3 Å². The molecular weight excluding hydrogens is 357 g/mol. The van der Waals surface area contributed by atoms with Crippen molar-refractivity contribution in [3.8, 4) is 11.5 Å². The van der Waals surface area contributed by atoms with Crippen molar-refractivity contribution in [1.29, 1.82) is 0 Å². The Hall–Kier alpha value is -0.990. The second-order valence-corrected chi connectivity index (χ2v) is 4.97. The smallest absolute Gasteiger partial charge is 0.411 e. The van der Waals surface area contributed by atoms with Gasteiger partial charge in [0, 0.05) is 18.6 Å². The highest BCUT2D eigenvalue weighted by Crippen LogP contribution is 2.40. The van der Waals surface area contributed by atoms with E-state index in [-0.39, 0.29) is 13.0 Å². The van der Waals surface area contributed by atoms with Crippen molar-refractivity contribution in [3.05, 3.63) is 22.2 Å². The second kappa shape index (κ2) is 7.86. The van der Waals surface area contributed by atoms with Gasteiger partial charge in [-0.15, -0.1) is 0 Å². The molecule has 1 N–H and O–H groups in total. The highest BCUT2D eigenvalue weighted by molar-refractivity contribution is 9.10. The van der Waals surface area contributed by atoms with Crippen LogP contribution in [0.15, 0.2) is 16.6 Å². The number of rotatable bonds is 7. The van der Waals surface area contributed by atoms with E-state index < -0.39 is 18.9 Å². The van der Waals surface area contributed by atoms with Gasteiger partial charge in [0.15, 0.2) is 0 Å². The van der Waals surface area contributed by atoms with E-state index in [1.165, 1.54) is 14.2 Å². The zero-order chi connectivity index (χ0) is 16.0. The van der Waals surface area contributed by atoms with E-state index in [9.17, 15) is 18.3 Å². The van der Waals surface area contributed by atoms with E-state index in [2.05, 4.69) is 20.7 Å². The number of hydrogen-bond acceptors (Lipinski definition) is 4. The van der Waals surface area contributed by atoms with Crippen LogP contribution in [0.3, 0.4) is 0 Å². The summed E-state index contributed by atoms with van der Waals surface area (Å²) in [7, 11) is 2.91. The van der Waals surface area contributed by atoms with Crippen molar-refractivity contribution >= 4 is 15.9 Å². The summed E-state index contributed by atoms with van der Waals surface area (Å²) in [6.45, 7) is -1.54. The Morgan fingerprint density at radius 3 is 2.43 bits per heavy atom.